The lowest BCUT2D eigenvalue weighted by atomic mass is 10.0. The van der Waals surface area contributed by atoms with E-state index in [1.54, 1.807) is 20.8 Å². The number of phenols is 1. The number of nitrogens with two attached hydrogens (primary N) is 1. The summed E-state index contributed by atoms with van der Waals surface area (Å²) >= 11 is 0. The fraction of sp³-hybridized carbons (Fsp3) is 0.385. The molecule has 0 fully saturated rings. The van der Waals surface area contributed by atoms with Gasteiger partial charge in [0.1, 0.15) is 17.4 Å². The Morgan fingerprint density at radius 1 is 1.35 bits per heavy atom. The predicted molar refractivity (Wildman–Crippen MR) is 72.5 cm³/mol. The van der Waals surface area contributed by atoms with Gasteiger partial charge < -0.3 is 20.7 Å². The van der Waals surface area contributed by atoms with Crippen LogP contribution in [0.2, 0.25) is 0 Å². The van der Waals surface area contributed by atoms with Gasteiger partial charge in [-0.1, -0.05) is 12.1 Å². The van der Waals surface area contributed by atoms with E-state index in [1.165, 1.54) is 18.2 Å². The number of para-hydroxylation sites is 1. The summed E-state index contributed by atoms with van der Waals surface area (Å²) in [6.45, 7) is 5.05. The smallest absolute Gasteiger partial charge is 0.412 e. The van der Waals surface area contributed by atoms with Crippen molar-refractivity contribution in [2.75, 3.05) is 5.32 Å². The normalized spacial score (nSPS) is 12.6. The largest absolute Gasteiger partial charge is 0.506 e. The summed E-state index contributed by atoms with van der Waals surface area (Å²) in [6.07, 6.45) is -0.808. The fourth-order valence-corrected chi connectivity index (χ4v) is 1.49. The first-order valence-electron chi connectivity index (χ1n) is 5.92. The molecule has 0 spiro atoms. The van der Waals surface area contributed by atoms with Crippen molar-refractivity contribution in [2.45, 2.75) is 32.4 Å². The minimum absolute atomic E-state index is 0.0725. The molecule has 5 N–H and O–H groups in total. The van der Waals surface area contributed by atoms with Gasteiger partial charge in [-0.3, -0.25) is 10.1 Å². The maximum absolute atomic E-state index is 11.7. The number of ether oxygens (including phenoxy) is 1. The number of anilines is 1. The zero-order valence-electron chi connectivity index (χ0n) is 11.5. The lowest BCUT2D eigenvalue weighted by Gasteiger charge is -2.21. The number of carbonyl (C=O) groups is 2. The van der Waals surface area contributed by atoms with Crippen LogP contribution in [0.1, 0.15) is 32.4 Å². The number of hydrogen-bond donors (Lipinski definition) is 4. The minimum Gasteiger partial charge on any atom is -0.506 e. The maximum Gasteiger partial charge on any atom is 0.412 e. The highest BCUT2D eigenvalue weighted by atomic mass is 16.6. The summed E-state index contributed by atoms with van der Waals surface area (Å²) in [5.74, 6) is -1.56. The van der Waals surface area contributed by atoms with Gasteiger partial charge >= 0.3 is 12.1 Å². The van der Waals surface area contributed by atoms with Crippen molar-refractivity contribution in [3.63, 3.8) is 0 Å². The molecular formula is C13H18N2O5. The van der Waals surface area contributed by atoms with E-state index in [4.69, 9.17) is 15.6 Å². The van der Waals surface area contributed by atoms with E-state index < -0.39 is 23.7 Å². The van der Waals surface area contributed by atoms with Crippen molar-refractivity contribution in [2.24, 2.45) is 5.73 Å². The van der Waals surface area contributed by atoms with Crippen molar-refractivity contribution in [3.05, 3.63) is 23.8 Å². The van der Waals surface area contributed by atoms with Gasteiger partial charge in [-0.2, -0.15) is 0 Å². The first-order valence-corrected chi connectivity index (χ1v) is 5.92. The van der Waals surface area contributed by atoms with Crippen molar-refractivity contribution >= 4 is 17.7 Å². The molecular weight excluding hydrogens is 264 g/mol. The Kier molecular flexibility index (Phi) is 4.57. The van der Waals surface area contributed by atoms with Gasteiger partial charge in [-0.25, -0.2) is 4.79 Å². The van der Waals surface area contributed by atoms with Gasteiger partial charge in [0.25, 0.3) is 0 Å². The first kappa shape index (κ1) is 15.8. The van der Waals surface area contributed by atoms with Gasteiger partial charge in [0.05, 0.1) is 5.69 Å². The zero-order chi connectivity index (χ0) is 15.5. The summed E-state index contributed by atoms with van der Waals surface area (Å²) in [4.78, 5) is 22.6. The number of benzene rings is 1. The number of phenolic OH excluding ortho intramolecular Hbond substituents is 1. The van der Waals surface area contributed by atoms with Crippen LogP contribution in [0.15, 0.2) is 18.2 Å². The van der Waals surface area contributed by atoms with Crippen LogP contribution in [-0.2, 0) is 9.53 Å². The Labute approximate surface area is 116 Å². The highest BCUT2D eigenvalue weighted by molar-refractivity contribution is 5.90. The number of hydrogen-bond acceptors (Lipinski definition) is 5. The molecule has 20 heavy (non-hydrogen) atoms. The molecule has 1 aromatic rings. The molecule has 0 aliphatic rings. The molecule has 1 aromatic carbocycles. The number of carbonyl (C=O) groups excluding carboxylic acids is 1. The summed E-state index contributed by atoms with van der Waals surface area (Å²) in [5, 5.41) is 21.0. The molecule has 1 unspecified atom stereocenters. The van der Waals surface area contributed by atoms with Crippen LogP contribution < -0.4 is 11.1 Å². The number of aliphatic carboxylic acids is 1. The molecule has 0 bridgehead atoms. The molecule has 0 aromatic heterocycles. The highest BCUT2D eigenvalue weighted by Crippen LogP contribution is 2.31. The number of rotatable bonds is 3. The minimum atomic E-state index is -1.37. The van der Waals surface area contributed by atoms with Gasteiger partial charge in [0.15, 0.2) is 0 Å². The fourth-order valence-electron chi connectivity index (χ4n) is 1.49. The average Bonchev–Trinajstić information content (AvgIpc) is 2.28. The molecule has 0 heterocycles. The van der Waals surface area contributed by atoms with E-state index in [2.05, 4.69) is 5.32 Å². The van der Waals surface area contributed by atoms with Crippen LogP contribution in [0.25, 0.3) is 0 Å². The van der Waals surface area contributed by atoms with E-state index in [-0.39, 0.29) is 17.0 Å². The molecule has 1 rings (SSSR count). The SMILES string of the molecule is CC(C)(C)OC(=O)Nc1c(O)cccc1C(N)C(=O)O. The van der Waals surface area contributed by atoms with Crippen molar-refractivity contribution in [1.82, 2.24) is 0 Å². The molecule has 0 radical (unpaired) electrons. The highest BCUT2D eigenvalue weighted by Gasteiger charge is 2.23. The van der Waals surface area contributed by atoms with Crippen LogP contribution in [0, 0.1) is 0 Å². The lowest BCUT2D eigenvalue weighted by molar-refractivity contribution is -0.138. The molecule has 0 aliphatic heterocycles. The van der Waals surface area contributed by atoms with Crippen molar-refractivity contribution in [3.8, 4) is 5.75 Å². The van der Waals surface area contributed by atoms with Crippen molar-refractivity contribution < 1.29 is 24.5 Å². The number of carboxylic acids is 1. The first-order chi connectivity index (χ1) is 9.11. The van der Waals surface area contributed by atoms with E-state index in [9.17, 15) is 14.7 Å². The molecule has 0 saturated carbocycles. The van der Waals surface area contributed by atoms with E-state index in [0.29, 0.717) is 0 Å². The standard InChI is InChI=1S/C13H18N2O5/c1-13(2,3)20-12(19)15-10-7(9(14)11(17)18)5-4-6-8(10)16/h4-6,9,16H,14H2,1-3H3,(H,15,19)(H,17,18). The molecule has 1 amide bonds. The van der Waals surface area contributed by atoms with Gasteiger partial charge in [0, 0.05) is 5.56 Å². The predicted octanol–water partition coefficient (Wildman–Crippen LogP) is 1.82. The summed E-state index contributed by atoms with van der Waals surface area (Å²) in [7, 11) is 0. The average molecular weight is 282 g/mol. The maximum atomic E-state index is 11.7. The van der Waals surface area contributed by atoms with Gasteiger partial charge in [-0.15, -0.1) is 0 Å². The quantitative estimate of drug-likeness (QED) is 0.627. The molecule has 1 atom stereocenters. The van der Waals surface area contributed by atoms with Crippen molar-refractivity contribution in [1.29, 1.82) is 0 Å². The van der Waals surface area contributed by atoms with Gasteiger partial charge in [-0.05, 0) is 26.8 Å². The zero-order valence-corrected chi connectivity index (χ0v) is 11.5. The molecule has 110 valence electrons. The van der Waals surface area contributed by atoms with Crippen LogP contribution in [0.5, 0.6) is 5.75 Å². The molecule has 0 aliphatic carbocycles. The third-order valence-corrected chi connectivity index (χ3v) is 2.30. The van der Waals surface area contributed by atoms with Crippen LogP contribution >= 0.6 is 0 Å². The number of carboxylic acid groups (broad SMARTS) is 1. The molecule has 0 saturated heterocycles. The molecule has 7 nitrogen and oxygen atoms in total. The third kappa shape index (κ3) is 4.13. The lowest BCUT2D eigenvalue weighted by Crippen LogP contribution is -2.28. The molecule has 7 heteroatoms. The van der Waals surface area contributed by atoms with Gasteiger partial charge in [0.2, 0.25) is 0 Å². The number of amides is 1. The second kappa shape index (κ2) is 5.79. The number of nitrogens with one attached hydrogen (secondary N) is 1. The topological polar surface area (TPSA) is 122 Å². The van der Waals surface area contributed by atoms with Crippen LogP contribution in [0.3, 0.4) is 0 Å². The Morgan fingerprint density at radius 2 is 1.95 bits per heavy atom. The summed E-state index contributed by atoms with van der Waals surface area (Å²) < 4.78 is 5.04. The van der Waals surface area contributed by atoms with E-state index in [0.717, 1.165) is 0 Å². The Morgan fingerprint density at radius 3 is 2.45 bits per heavy atom. The third-order valence-electron chi connectivity index (χ3n) is 2.30. The monoisotopic (exact) mass is 282 g/mol. The van der Waals surface area contributed by atoms with Crippen LogP contribution in [0.4, 0.5) is 10.5 Å². The second-order valence-corrected chi connectivity index (χ2v) is 5.18. The Hall–Kier alpha value is -2.28. The number of aromatic hydroxyl groups is 1. The summed E-state index contributed by atoms with van der Waals surface area (Å²) in [6, 6.07) is 2.79. The van der Waals surface area contributed by atoms with Crippen LogP contribution in [-0.4, -0.2) is 27.9 Å². The Balaban J connectivity index is 3.05. The Bertz CT molecular complexity index is 522. The van der Waals surface area contributed by atoms with E-state index >= 15 is 0 Å². The second-order valence-electron chi connectivity index (χ2n) is 5.18. The summed E-state index contributed by atoms with van der Waals surface area (Å²) in [5.41, 5.74) is 4.80. The van der Waals surface area contributed by atoms with E-state index in [1.807, 2.05) is 0 Å².